The van der Waals surface area contributed by atoms with E-state index in [2.05, 4.69) is 22.5 Å². The molecule has 0 radical (unpaired) electrons. The Hall–Kier alpha value is -2.63. The van der Waals surface area contributed by atoms with Crippen LogP contribution in [0, 0.1) is 0 Å². The van der Waals surface area contributed by atoms with Crippen molar-refractivity contribution >= 4 is 17.6 Å². The van der Waals surface area contributed by atoms with E-state index in [9.17, 15) is 9.59 Å². The van der Waals surface area contributed by atoms with Crippen LogP contribution in [-0.2, 0) is 22.6 Å². The van der Waals surface area contributed by atoms with E-state index in [-0.39, 0.29) is 18.4 Å². The van der Waals surface area contributed by atoms with Crippen molar-refractivity contribution in [3.8, 4) is 0 Å². The molecule has 0 saturated carbocycles. The zero-order valence-electron chi connectivity index (χ0n) is 12.0. The third-order valence-corrected chi connectivity index (χ3v) is 3.90. The molecule has 114 valence electrons. The van der Waals surface area contributed by atoms with E-state index >= 15 is 0 Å². The number of anilines is 1. The lowest BCUT2D eigenvalue weighted by molar-refractivity contribution is -0.137. The lowest BCUT2D eigenvalue weighted by Gasteiger charge is -2.10. The van der Waals surface area contributed by atoms with Crippen LogP contribution >= 0.6 is 0 Å². The SMILES string of the molecule is O=C(O)Cn1cc(NC(=O)CC2CCc3ccccc32)cn1. The van der Waals surface area contributed by atoms with E-state index in [1.54, 1.807) is 0 Å². The van der Waals surface area contributed by atoms with Gasteiger partial charge in [-0.1, -0.05) is 24.3 Å². The number of carbonyl (C=O) groups is 2. The lowest BCUT2D eigenvalue weighted by atomic mass is 9.97. The molecule has 1 aromatic heterocycles. The van der Waals surface area contributed by atoms with Crippen molar-refractivity contribution in [3.63, 3.8) is 0 Å². The van der Waals surface area contributed by atoms with E-state index in [4.69, 9.17) is 5.11 Å². The maximum absolute atomic E-state index is 12.1. The second kappa shape index (κ2) is 6.01. The maximum atomic E-state index is 12.1. The smallest absolute Gasteiger partial charge is 0.325 e. The molecule has 6 nitrogen and oxygen atoms in total. The van der Waals surface area contributed by atoms with Crippen molar-refractivity contribution in [3.05, 3.63) is 47.8 Å². The number of fused-ring (bicyclic) bond motifs is 1. The van der Waals surface area contributed by atoms with Crippen LogP contribution in [0.2, 0.25) is 0 Å². The van der Waals surface area contributed by atoms with Gasteiger partial charge in [-0.05, 0) is 29.9 Å². The van der Waals surface area contributed by atoms with Gasteiger partial charge in [0.2, 0.25) is 5.91 Å². The fourth-order valence-electron chi connectivity index (χ4n) is 2.95. The second-order valence-corrected chi connectivity index (χ2v) is 5.51. The van der Waals surface area contributed by atoms with Gasteiger partial charge in [0.05, 0.1) is 11.9 Å². The summed E-state index contributed by atoms with van der Waals surface area (Å²) in [6.45, 7) is -0.216. The van der Waals surface area contributed by atoms with Crippen LogP contribution in [0.5, 0.6) is 0 Å². The Kier molecular flexibility index (Phi) is 3.91. The molecule has 1 aliphatic rings. The third kappa shape index (κ3) is 3.16. The minimum atomic E-state index is -0.969. The second-order valence-electron chi connectivity index (χ2n) is 5.51. The molecule has 1 unspecified atom stereocenters. The summed E-state index contributed by atoms with van der Waals surface area (Å²) < 4.78 is 1.28. The van der Waals surface area contributed by atoms with E-state index < -0.39 is 5.97 Å². The summed E-state index contributed by atoms with van der Waals surface area (Å²) in [6.07, 6.45) is 5.43. The number of benzene rings is 1. The maximum Gasteiger partial charge on any atom is 0.325 e. The van der Waals surface area contributed by atoms with Gasteiger partial charge in [-0.25, -0.2) is 0 Å². The number of hydrogen-bond acceptors (Lipinski definition) is 3. The Bertz CT molecular complexity index is 708. The molecule has 2 N–H and O–H groups in total. The standard InChI is InChI=1S/C16H17N3O3/c20-15(18-13-8-17-19(9-13)10-16(21)22)7-12-6-5-11-3-1-2-4-14(11)12/h1-4,8-9,12H,5-7,10H2,(H,18,20)(H,21,22). The number of carbonyl (C=O) groups excluding carboxylic acids is 1. The molecule has 0 fully saturated rings. The van der Waals surface area contributed by atoms with Crippen LogP contribution in [0.3, 0.4) is 0 Å². The van der Waals surface area contributed by atoms with Crippen molar-refractivity contribution < 1.29 is 14.7 Å². The first kappa shape index (κ1) is 14.3. The minimum Gasteiger partial charge on any atom is -0.480 e. The molecule has 0 bridgehead atoms. The number of carboxylic acid groups (broad SMARTS) is 1. The van der Waals surface area contributed by atoms with Crippen LogP contribution < -0.4 is 5.32 Å². The molecular formula is C16H17N3O3. The molecule has 1 aliphatic carbocycles. The molecule has 0 saturated heterocycles. The van der Waals surface area contributed by atoms with Crippen molar-refractivity contribution in [2.75, 3.05) is 5.32 Å². The number of nitrogens with one attached hydrogen (secondary N) is 1. The molecular weight excluding hydrogens is 282 g/mol. The Morgan fingerprint density at radius 1 is 1.36 bits per heavy atom. The fraction of sp³-hybridized carbons (Fsp3) is 0.312. The molecule has 1 heterocycles. The monoisotopic (exact) mass is 299 g/mol. The highest BCUT2D eigenvalue weighted by atomic mass is 16.4. The Morgan fingerprint density at radius 2 is 2.18 bits per heavy atom. The first-order valence-electron chi connectivity index (χ1n) is 7.24. The fourth-order valence-corrected chi connectivity index (χ4v) is 2.95. The summed E-state index contributed by atoms with van der Waals surface area (Å²) in [4.78, 5) is 22.7. The van der Waals surface area contributed by atoms with Crippen molar-refractivity contribution in [2.45, 2.75) is 31.7 Å². The number of rotatable bonds is 5. The van der Waals surface area contributed by atoms with Crippen LogP contribution in [0.1, 0.15) is 29.9 Å². The number of aryl methyl sites for hydroxylation is 1. The quantitative estimate of drug-likeness (QED) is 0.884. The zero-order chi connectivity index (χ0) is 15.5. The van der Waals surface area contributed by atoms with E-state index in [1.807, 2.05) is 12.1 Å². The number of aromatic nitrogens is 2. The Balaban J connectivity index is 1.59. The normalized spacial score (nSPS) is 16.3. The lowest BCUT2D eigenvalue weighted by Crippen LogP contribution is -2.14. The molecule has 0 aliphatic heterocycles. The number of nitrogens with zero attached hydrogens (tertiary/aromatic N) is 2. The van der Waals surface area contributed by atoms with Crippen molar-refractivity contribution in [1.29, 1.82) is 0 Å². The average Bonchev–Trinajstić information content (AvgIpc) is 3.06. The average molecular weight is 299 g/mol. The van der Waals surface area contributed by atoms with Gasteiger partial charge < -0.3 is 10.4 Å². The van der Waals surface area contributed by atoms with Crippen LogP contribution in [0.15, 0.2) is 36.7 Å². The summed E-state index contributed by atoms with van der Waals surface area (Å²) in [7, 11) is 0. The summed E-state index contributed by atoms with van der Waals surface area (Å²) in [5, 5.41) is 15.4. The van der Waals surface area contributed by atoms with Crippen LogP contribution in [-0.4, -0.2) is 26.8 Å². The number of carboxylic acids is 1. The van der Waals surface area contributed by atoms with Gasteiger partial charge >= 0.3 is 5.97 Å². The Labute approximate surface area is 127 Å². The largest absolute Gasteiger partial charge is 0.480 e. The molecule has 1 atom stereocenters. The van der Waals surface area contributed by atoms with Gasteiger partial charge in [0, 0.05) is 12.6 Å². The molecule has 1 amide bonds. The summed E-state index contributed by atoms with van der Waals surface area (Å²) in [5.41, 5.74) is 3.12. The van der Waals surface area contributed by atoms with Crippen molar-refractivity contribution in [1.82, 2.24) is 9.78 Å². The summed E-state index contributed by atoms with van der Waals surface area (Å²) in [5.74, 6) is -0.787. The van der Waals surface area contributed by atoms with Gasteiger partial charge in [0.1, 0.15) is 6.54 Å². The van der Waals surface area contributed by atoms with Crippen molar-refractivity contribution in [2.24, 2.45) is 0 Å². The van der Waals surface area contributed by atoms with Gasteiger partial charge in [-0.2, -0.15) is 5.10 Å². The molecule has 22 heavy (non-hydrogen) atoms. The van der Waals surface area contributed by atoms with Gasteiger partial charge in [-0.15, -0.1) is 0 Å². The Morgan fingerprint density at radius 3 is 3.00 bits per heavy atom. The highest BCUT2D eigenvalue weighted by molar-refractivity contribution is 5.91. The summed E-state index contributed by atoms with van der Waals surface area (Å²) in [6, 6.07) is 8.23. The van der Waals surface area contributed by atoms with Crippen LogP contribution in [0.25, 0.3) is 0 Å². The first-order chi connectivity index (χ1) is 10.6. The van der Waals surface area contributed by atoms with Crippen LogP contribution in [0.4, 0.5) is 5.69 Å². The van der Waals surface area contributed by atoms with Gasteiger partial charge in [0.15, 0.2) is 0 Å². The zero-order valence-corrected chi connectivity index (χ0v) is 12.0. The first-order valence-corrected chi connectivity index (χ1v) is 7.24. The molecule has 3 rings (SSSR count). The number of amides is 1. The molecule has 0 spiro atoms. The van der Waals surface area contributed by atoms with E-state index in [0.717, 1.165) is 12.8 Å². The number of aliphatic carboxylic acids is 1. The molecule has 2 aromatic rings. The number of hydrogen-bond donors (Lipinski definition) is 2. The van der Waals surface area contributed by atoms with E-state index in [0.29, 0.717) is 12.1 Å². The minimum absolute atomic E-state index is 0.0726. The predicted octanol–water partition coefficient (Wildman–Crippen LogP) is 2.03. The topological polar surface area (TPSA) is 84.2 Å². The van der Waals surface area contributed by atoms with Gasteiger partial charge in [0.25, 0.3) is 0 Å². The third-order valence-electron chi connectivity index (χ3n) is 3.90. The predicted molar refractivity (Wildman–Crippen MR) is 80.6 cm³/mol. The summed E-state index contributed by atoms with van der Waals surface area (Å²) >= 11 is 0. The van der Waals surface area contributed by atoms with Gasteiger partial charge in [-0.3, -0.25) is 14.3 Å². The molecule has 6 heteroatoms. The highest BCUT2D eigenvalue weighted by Gasteiger charge is 2.24. The van der Waals surface area contributed by atoms with E-state index in [1.165, 1.54) is 28.2 Å². The molecule has 1 aromatic carbocycles. The highest BCUT2D eigenvalue weighted by Crippen LogP contribution is 2.35.